The zero-order valence-corrected chi connectivity index (χ0v) is 13.7. The van der Waals surface area contributed by atoms with E-state index < -0.39 is 53.6 Å². The summed E-state index contributed by atoms with van der Waals surface area (Å²) in [6, 6.07) is 6.76. The third-order valence-electron chi connectivity index (χ3n) is 3.14. The summed E-state index contributed by atoms with van der Waals surface area (Å²) >= 11 is 0. The van der Waals surface area contributed by atoms with Crippen molar-refractivity contribution >= 4 is 29.7 Å². The number of rotatable bonds is 8. The molecule has 0 bridgehead atoms. The molecule has 4 unspecified atom stereocenters. The Kier molecular flexibility index (Phi) is 8.86. The van der Waals surface area contributed by atoms with E-state index >= 15 is 0 Å². The van der Waals surface area contributed by atoms with Crippen LogP contribution in [-0.4, -0.2) is 94.4 Å². The molecule has 28 heavy (non-hydrogen) atoms. The number of hydrogen-bond acceptors (Lipinski definition) is 9. The highest BCUT2D eigenvalue weighted by Crippen LogP contribution is 2.19. The average Bonchev–Trinajstić information content (AvgIpc) is 2.65. The van der Waals surface area contributed by atoms with E-state index in [4.69, 9.17) is 30.6 Å². The number of benzene rings is 1. The number of aliphatic hydroxyl groups is 4. The van der Waals surface area contributed by atoms with E-state index in [9.17, 15) is 34.2 Å². The first kappa shape index (κ1) is 24.6. The molecule has 154 valence electrons. The smallest absolute Gasteiger partial charge is 0.347 e. The van der Waals surface area contributed by atoms with E-state index in [-0.39, 0.29) is 5.56 Å². The van der Waals surface area contributed by atoms with Crippen molar-refractivity contribution < 1.29 is 64.8 Å². The number of carboxylic acid groups (broad SMARTS) is 4. The highest BCUT2D eigenvalue weighted by atomic mass is 16.5. The molecule has 8 N–H and O–H groups in total. The first-order valence-electron chi connectivity index (χ1n) is 7.06. The van der Waals surface area contributed by atoms with Crippen LogP contribution in [0.15, 0.2) is 30.3 Å². The fourth-order valence-corrected chi connectivity index (χ4v) is 1.60. The van der Waals surface area contributed by atoms with Crippen LogP contribution in [0.3, 0.4) is 0 Å². The number of hydrogen-bond donors (Lipinski definition) is 8. The fraction of sp³-hybridized carbons (Fsp3) is 0.267. The van der Waals surface area contributed by atoms with Crippen molar-refractivity contribution in [2.24, 2.45) is 0 Å². The SMILES string of the molecule is O=C(O)C(O)C(O)(C(=O)O)C(=O)c1ccccc1.O=C(O)C(O)C(O)C(=O)O. The van der Waals surface area contributed by atoms with Gasteiger partial charge in [0.05, 0.1) is 0 Å². The van der Waals surface area contributed by atoms with Crippen LogP contribution >= 0.6 is 0 Å². The Labute approximate surface area is 155 Å². The van der Waals surface area contributed by atoms with Gasteiger partial charge < -0.3 is 40.9 Å². The van der Waals surface area contributed by atoms with Gasteiger partial charge in [-0.2, -0.15) is 0 Å². The number of carboxylic acids is 4. The minimum atomic E-state index is -3.42. The molecule has 13 nitrogen and oxygen atoms in total. The molecule has 0 radical (unpaired) electrons. The van der Waals surface area contributed by atoms with Crippen LogP contribution in [0, 0.1) is 0 Å². The van der Waals surface area contributed by atoms with E-state index in [1.165, 1.54) is 24.3 Å². The van der Waals surface area contributed by atoms with Crippen molar-refractivity contribution in [3.63, 3.8) is 0 Å². The number of ketones is 1. The normalized spacial score (nSPS) is 15.6. The lowest BCUT2D eigenvalue weighted by atomic mass is 9.87. The molecule has 0 spiro atoms. The third-order valence-corrected chi connectivity index (χ3v) is 3.14. The van der Waals surface area contributed by atoms with Gasteiger partial charge in [0.1, 0.15) is 0 Å². The molecule has 0 aliphatic heterocycles. The highest BCUT2D eigenvalue weighted by Gasteiger charge is 2.54. The van der Waals surface area contributed by atoms with Crippen LogP contribution in [0.4, 0.5) is 0 Å². The van der Waals surface area contributed by atoms with E-state index in [0.29, 0.717) is 0 Å². The number of carbonyl (C=O) groups is 5. The third kappa shape index (κ3) is 5.82. The molecule has 1 aromatic rings. The number of Topliss-reactive ketones (excluding diaryl/α,β-unsaturated/α-hetero) is 1. The zero-order valence-electron chi connectivity index (χ0n) is 13.7. The first-order chi connectivity index (χ1) is 12.8. The minimum Gasteiger partial charge on any atom is -0.479 e. The Hall–Kier alpha value is -3.39. The van der Waals surface area contributed by atoms with Crippen LogP contribution in [0.1, 0.15) is 10.4 Å². The first-order valence-corrected chi connectivity index (χ1v) is 7.06. The molecule has 4 atom stereocenters. The van der Waals surface area contributed by atoms with Crippen molar-refractivity contribution in [3.8, 4) is 0 Å². The van der Waals surface area contributed by atoms with Crippen molar-refractivity contribution in [3.05, 3.63) is 35.9 Å². The second-order valence-corrected chi connectivity index (χ2v) is 5.07. The summed E-state index contributed by atoms with van der Waals surface area (Å²) in [5.41, 5.74) is -3.64. The molecular formula is C15H16O13. The molecule has 0 saturated carbocycles. The van der Waals surface area contributed by atoms with Gasteiger partial charge >= 0.3 is 23.9 Å². The Balaban J connectivity index is 0.000000621. The topological polar surface area (TPSA) is 247 Å². The molecule has 0 fully saturated rings. The van der Waals surface area contributed by atoms with Crippen LogP contribution in [0.5, 0.6) is 0 Å². The van der Waals surface area contributed by atoms with Gasteiger partial charge in [0.25, 0.3) is 5.60 Å². The summed E-state index contributed by atoms with van der Waals surface area (Å²) in [6.45, 7) is 0. The van der Waals surface area contributed by atoms with Crippen molar-refractivity contribution in [1.82, 2.24) is 0 Å². The summed E-state index contributed by atoms with van der Waals surface area (Å²) in [6.07, 6.45) is -7.29. The molecule has 0 heterocycles. The Morgan fingerprint density at radius 2 is 1.11 bits per heavy atom. The molecule has 0 saturated heterocycles. The molecule has 0 aromatic heterocycles. The van der Waals surface area contributed by atoms with Crippen LogP contribution in [0.25, 0.3) is 0 Å². The quantitative estimate of drug-likeness (QED) is 0.159. The lowest BCUT2D eigenvalue weighted by molar-refractivity contribution is -0.175. The molecule has 1 aromatic carbocycles. The summed E-state index contributed by atoms with van der Waals surface area (Å²) in [4.78, 5) is 52.8. The number of aliphatic hydroxyl groups excluding tert-OH is 3. The van der Waals surface area contributed by atoms with Gasteiger partial charge in [-0.25, -0.2) is 19.2 Å². The van der Waals surface area contributed by atoms with Gasteiger partial charge in [-0.1, -0.05) is 30.3 Å². The predicted molar refractivity (Wildman–Crippen MR) is 84.3 cm³/mol. The van der Waals surface area contributed by atoms with Gasteiger partial charge in [-0.05, 0) is 0 Å². The monoisotopic (exact) mass is 404 g/mol. The largest absolute Gasteiger partial charge is 0.479 e. The molecule has 0 aliphatic rings. The highest BCUT2D eigenvalue weighted by molar-refractivity contribution is 6.17. The second kappa shape index (κ2) is 10.1. The molecule has 1 rings (SSSR count). The maximum atomic E-state index is 11.8. The van der Waals surface area contributed by atoms with Crippen molar-refractivity contribution in [2.45, 2.75) is 23.9 Å². The summed E-state index contributed by atoms with van der Waals surface area (Å²) in [5, 5.41) is 68.7. The van der Waals surface area contributed by atoms with Crippen molar-refractivity contribution in [1.29, 1.82) is 0 Å². The van der Waals surface area contributed by atoms with E-state index in [1.807, 2.05) is 0 Å². The number of carbonyl (C=O) groups excluding carboxylic acids is 1. The van der Waals surface area contributed by atoms with E-state index in [1.54, 1.807) is 6.07 Å². The van der Waals surface area contributed by atoms with Crippen LogP contribution in [-0.2, 0) is 19.2 Å². The molecular weight excluding hydrogens is 388 g/mol. The Bertz CT molecular complexity index is 726. The predicted octanol–water partition coefficient (Wildman–Crippen LogP) is -2.99. The van der Waals surface area contributed by atoms with Crippen LogP contribution in [0.2, 0.25) is 0 Å². The van der Waals surface area contributed by atoms with Gasteiger partial charge in [0.15, 0.2) is 18.3 Å². The summed E-state index contributed by atoms with van der Waals surface area (Å²) < 4.78 is 0. The zero-order chi connectivity index (χ0) is 22.2. The molecule has 13 heteroatoms. The van der Waals surface area contributed by atoms with Gasteiger partial charge in [-0.15, -0.1) is 0 Å². The Morgan fingerprint density at radius 1 is 0.714 bits per heavy atom. The Morgan fingerprint density at radius 3 is 1.39 bits per heavy atom. The lowest BCUT2D eigenvalue weighted by Gasteiger charge is -2.24. The maximum Gasteiger partial charge on any atom is 0.347 e. The number of aliphatic carboxylic acids is 4. The van der Waals surface area contributed by atoms with Gasteiger partial charge in [0.2, 0.25) is 5.78 Å². The van der Waals surface area contributed by atoms with Gasteiger partial charge in [-0.3, -0.25) is 4.79 Å². The van der Waals surface area contributed by atoms with E-state index in [2.05, 4.69) is 0 Å². The maximum absolute atomic E-state index is 11.8. The average molecular weight is 404 g/mol. The van der Waals surface area contributed by atoms with Crippen LogP contribution < -0.4 is 0 Å². The lowest BCUT2D eigenvalue weighted by Crippen LogP contribution is -2.58. The minimum absolute atomic E-state index is 0.220. The molecule has 0 aliphatic carbocycles. The summed E-state index contributed by atoms with van der Waals surface area (Å²) in [5.74, 6) is -9.08. The van der Waals surface area contributed by atoms with Gasteiger partial charge in [0, 0.05) is 5.56 Å². The second-order valence-electron chi connectivity index (χ2n) is 5.07. The standard InChI is InChI=1S/C11H10O7.C4H6O6/c12-7(6-4-2-1-3-5-6)11(18,10(16)17)8(13)9(14)15;5-1(3(7)8)2(6)4(9)10/h1-5,8,13,18H,(H,14,15)(H,16,17);1-2,5-6H,(H,7,8)(H,9,10). The van der Waals surface area contributed by atoms with Crippen molar-refractivity contribution in [2.75, 3.05) is 0 Å². The molecule has 0 amide bonds. The fourth-order valence-electron chi connectivity index (χ4n) is 1.60. The summed E-state index contributed by atoms with van der Waals surface area (Å²) in [7, 11) is 0. The van der Waals surface area contributed by atoms with E-state index in [0.717, 1.165) is 0 Å².